The maximum atomic E-state index is 12.6. The molecule has 0 atom stereocenters. The first kappa shape index (κ1) is 15.6. The van der Waals surface area contributed by atoms with Gasteiger partial charge in [-0.1, -0.05) is 36.4 Å². The van der Waals surface area contributed by atoms with Gasteiger partial charge in [-0.25, -0.2) is 5.43 Å². The molecule has 0 heterocycles. The van der Waals surface area contributed by atoms with Crippen molar-refractivity contribution in [1.82, 2.24) is 5.43 Å². The molecular weight excluding hydrogens is 334 g/mol. The zero-order valence-corrected chi connectivity index (χ0v) is 13.3. The Morgan fingerprint density at radius 2 is 1.62 bits per heavy atom. The monoisotopic (exact) mass is 345 g/mol. The lowest BCUT2D eigenvalue weighted by atomic mass is 10.1. The first-order valence-electron chi connectivity index (χ1n) is 7.75. The Labute approximate surface area is 147 Å². The topological polar surface area (TPSA) is 102 Å². The van der Waals surface area contributed by atoms with Gasteiger partial charge in [-0.05, 0) is 17.5 Å². The van der Waals surface area contributed by atoms with Crippen molar-refractivity contribution in [1.29, 1.82) is 0 Å². The van der Waals surface area contributed by atoms with Crippen LogP contribution in [0, 0.1) is 10.1 Å². The standard InChI is InChI=1S/C19H11N3O4/c23-18-15-6-2-4-11-3-1-5-14(16(11)15)17(18)20-21-19(24)12-7-9-13(10-8-12)22(25)26/h1-10H,(H,21,24). The van der Waals surface area contributed by atoms with Gasteiger partial charge in [0.2, 0.25) is 5.78 Å². The van der Waals surface area contributed by atoms with Crippen LogP contribution in [0.1, 0.15) is 26.3 Å². The van der Waals surface area contributed by atoms with Gasteiger partial charge in [0.05, 0.1) is 4.92 Å². The second-order valence-electron chi connectivity index (χ2n) is 5.74. The number of nitrogens with zero attached hydrogens (tertiary/aromatic N) is 2. The summed E-state index contributed by atoms with van der Waals surface area (Å²) in [6.07, 6.45) is 0. The van der Waals surface area contributed by atoms with E-state index in [2.05, 4.69) is 10.5 Å². The van der Waals surface area contributed by atoms with E-state index in [4.69, 9.17) is 0 Å². The molecule has 3 aromatic rings. The second kappa shape index (κ2) is 5.89. The van der Waals surface area contributed by atoms with Crippen LogP contribution in [-0.4, -0.2) is 22.3 Å². The largest absolute Gasteiger partial charge is 0.287 e. The van der Waals surface area contributed by atoms with E-state index in [0.29, 0.717) is 11.1 Å². The van der Waals surface area contributed by atoms with E-state index in [-0.39, 0.29) is 22.7 Å². The number of nitro benzene ring substituents is 1. The number of carbonyl (C=O) groups excluding carboxylic acids is 2. The number of amides is 1. The summed E-state index contributed by atoms with van der Waals surface area (Å²) in [5.41, 5.74) is 3.86. The first-order chi connectivity index (χ1) is 12.6. The molecule has 4 rings (SSSR count). The van der Waals surface area contributed by atoms with Crippen molar-refractivity contribution in [3.05, 3.63) is 87.5 Å². The molecule has 0 aliphatic heterocycles. The van der Waals surface area contributed by atoms with E-state index >= 15 is 0 Å². The molecule has 26 heavy (non-hydrogen) atoms. The predicted octanol–water partition coefficient (Wildman–Crippen LogP) is 3.08. The summed E-state index contributed by atoms with van der Waals surface area (Å²) < 4.78 is 0. The van der Waals surface area contributed by atoms with Crippen LogP contribution in [0.2, 0.25) is 0 Å². The smallest absolute Gasteiger partial charge is 0.271 e. The molecule has 126 valence electrons. The van der Waals surface area contributed by atoms with E-state index in [1.54, 1.807) is 18.2 Å². The lowest BCUT2D eigenvalue weighted by Crippen LogP contribution is -2.22. The molecule has 0 saturated heterocycles. The van der Waals surface area contributed by atoms with E-state index in [1.165, 1.54) is 24.3 Å². The van der Waals surface area contributed by atoms with E-state index in [1.807, 2.05) is 18.2 Å². The number of Topliss-reactive ketones (excluding diaryl/α,β-unsaturated/α-hetero) is 1. The van der Waals surface area contributed by atoms with Crippen LogP contribution in [0.25, 0.3) is 10.8 Å². The Balaban J connectivity index is 1.64. The molecule has 7 heteroatoms. The van der Waals surface area contributed by atoms with Gasteiger partial charge in [-0.3, -0.25) is 19.7 Å². The number of rotatable bonds is 3. The summed E-state index contributed by atoms with van der Waals surface area (Å²) in [6.45, 7) is 0. The Morgan fingerprint density at radius 3 is 2.27 bits per heavy atom. The fourth-order valence-electron chi connectivity index (χ4n) is 2.99. The molecule has 0 unspecified atom stereocenters. The molecule has 1 aliphatic rings. The quantitative estimate of drug-likeness (QED) is 0.582. The summed E-state index contributed by atoms with van der Waals surface area (Å²) >= 11 is 0. The molecule has 1 N–H and O–H groups in total. The fraction of sp³-hybridized carbons (Fsp3) is 0. The summed E-state index contributed by atoms with van der Waals surface area (Å²) in [4.78, 5) is 34.9. The number of benzene rings is 3. The van der Waals surface area contributed by atoms with Gasteiger partial charge >= 0.3 is 0 Å². The van der Waals surface area contributed by atoms with Crippen molar-refractivity contribution in [2.75, 3.05) is 0 Å². The summed E-state index contributed by atoms with van der Waals surface area (Å²) in [5.74, 6) is -0.802. The highest BCUT2D eigenvalue weighted by molar-refractivity contribution is 6.59. The van der Waals surface area contributed by atoms with Crippen LogP contribution < -0.4 is 5.43 Å². The molecule has 0 fully saturated rings. The van der Waals surface area contributed by atoms with Crippen molar-refractivity contribution in [3.63, 3.8) is 0 Å². The molecule has 1 aliphatic carbocycles. The van der Waals surface area contributed by atoms with Crippen molar-refractivity contribution in [2.45, 2.75) is 0 Å². The Bertz CT molecular complexity index is 1110. The lowest BCUT2D eigenvalue weighted by Gasteiger charge is -2.02. The van der Waals surface area contributed by atoms with Crippen LogP contribution >= 0.6 is 0 Å². The van der Waals surface area contributed by atoms with Crippen molar-refractivity contribution in [2.24, 2.45) is 5.10 Å². The van der Waals surface area contributed by atoms with Gasteiger partial charge in [0.15, 0.2) is 0 Å². The minimum atomic E-state index is -0.552. The summed E-state index contributed by atoms with van der Waals surface area (Å²) in [6, 6.07) is 16.1. The van der Waals surface area contributed by atoms with Gasteiger partial charge in [0.25, 0.3) is 11.6 Å². The van der Waals surface area contributed by atoms with Crippen LogP contribution in [0.3, 0.4) is 0 Å². The molecule has 0 radical (unpaired) electrons. The van der Waals surface area contributed by atoms with E-state index in [0.717, 1.165) is 10.8 Å². The fourth-order valence-corrected chi connectivity index (χ4v) is 2.99. The molecule has 7 nitrogen and oxygen atoms in total. The van der Waals surface area contributed by atoms with Gasteiger partial charge < -0.3 is 0 Å². The highest BCUT2D eigenvalue weighted by atomic mass is 16.6. The normalized spacial score (nSPS) is 14.0. The third-order valence-corrected chi connectivity index (χ3v) is 4.23. The van der Waals surface area contributed by atoms with Crippen LogP contribution in [-0.2, 0) is 0 Å². The molecule has 3 aromatic carbocycles. The molecule has 1 amide bonds. The Kier molecular flexibility index (Phi) is 3.54. The minimum Gasteiger partial charge on any atom is -0.287 e. The number of hydrogen-bond acceptors (Lipinski definition) is 5. The van der Waals surface area contributed by atoms with Gasteiger partial charge in [-0.15, -0.1) is 0 Å². The molecule has 0 saturated carbocycles. The summed E-state index contributed by atoms with van der Waals surface area (Å²) in [5, 5.41) is 16.4. The maximum Gasteiger partial charge on any atom is 0.271 e. The van der Waals surface area contributed by atoms with E-state index in [9.17, 15) is 19.7 Å². The third kappa shape index (κ3) is 2.42. The third-order valence-electron chi connectivity index (χ3n) is 4.23. The zero-order chi connectivity index (χ0) is 18.3. The number of nitro groups is 1. The Morgan fingerprint density at radius 1 is 0.962 bits per heavy atom. The van der Waals surface area contributed by atoms with Crippen molar-refractivity contribution >= 4 is 33.9 Å². The predicted molar refractivity (Wildman–Crippen MR) is 95.4 cm³/mol. The Hall–Kier alpha value is -3.87. The number of hydrogen-bond donors (Lipinski definition) is 1. The van der Waals surface area contributed by atoms with E-state index < -0.39 is 10.8 Å². The van der Waals surface area contributed by atoms with Gasteiger partial charge in [0.1, 0.15) is 5.71 Å². The van der Waals surface area contributed by atoms with Crippen molar-refractivity contribution in [3.8, 4) is 0 Å². The average molecular weight is 345 g/mol. The average Bonchev–Trinajstić information content (AvgIpc) is 2.94. The van der Waals surface area contributed by atoms with Crippen LogP contribution in [0.5, 0.6) is 0 Å². The van der Waals surface area contributed by atoms with Crippen LogP contribution in [0.4, 0.5) is 5.69 Å². The maximum absolute atomic E-state index is 12.6. The SMILES string of the molecule is O=C(NN=C1C(=O)c2cccc3cccc1c23)c1ccc([N+](=O)[O-])cc1. The summed E-state index contributed by atoms with van der Waals surface area (Å²) in [7, 11) is 0. The highest BCUT2D eigenvalue weighted by Gasteiger charge is 2.28. The number of carbonyl (C=O) groups is 2. The number of nitrogens with one attached hydrogen (secondary N) is 1. The van der Waals surface area contributed by atoms with Gasteiger partial charge in [-0.2, -0.15) is 5.10 Å². The minimum absolute atomic E-state index is 0.110. The highest BCUT2D eigenvalue weighted by Crippen LogP contribution is 2.30. The first-order valence-corrected chi connectivity index (χ1v) is 7.75. The van der Waals surface area contributed by atoms with Crippen molar-refractivity contribution < 1.29 is 14.5 Å². The second-order valence-corrected chi connectivity index (χ2v) is 5.74. The van der Waals surface area contributed by atoms with Crippen LogP contribution in [0.15, 0.2) is 65.8 Å². The number of ketones is 1. The van der Waals surface area contributed by atoms with Gasteiger partial charge in [0, 0.05) is 34.2 Å². The molecule has 0 bridgehead atoms. The molecule has 0 spiro atoms. The number of hydrazone groups is 1. The zero-order valence-electron chi connectivity index (χ0n) is 13.3. The molecular formula is C19H11N3O4. The lowest BCUT2D eigenvalue weighted by molar-refractivity contribution is -0.384. The molecule has 0 aromatic heterocycles. The number of non-ortho nitro benzene ring substituents is 1.